The zero-order chi connectivity index (χ0) is 51.9. The van der Waals surface area contributed by atoms with Crippen LogP contribution < -0.4 is 0 Å². The van der Waals surface area contributed by atoms with Gasteiger partial charge in [0.2, 0.25) is 0 Å². The summed E-state index contributed by atoms with van der Waals surface area (Å²) in [5.41, 5.74) is 25.7. The molecule has 0 nitrogen and oxygen atoms in total. The lowest BCUT2D eigenvalue weighted by atomic mass is 9.66. The van der Waals surface area contributed by atoms with Gasteiger partial charge in [0.05, 0.1) is 10.8 Å². The molecule has 0 radical (unpaired) electrons. The number of fused-ring (bicyclic) bond motifs is 6. The second-order valence-corrected chi connectivity index (χ2v) is 20.7. The van der Waals surface area contributed by atoms with Gasteiger partial charge in [0.1, 0.15) is 0 Å². The maximum absolute atomic E-state index is 2.51. The second kappa shape index (κ2) is 19.7. The first-order valence-corrected chi connectivity index (χ1v) is 27.1. The SMILES string of the molecule is C(=C(c1ccccc1)c1ccccc1)c1ccc2c(c1)C(c1ccccc1)(c1ccccc1)c1cc(-c3ccc4c(c3)C(c3ccccc3)(c3ccccc3)c3cc(C=C(c5ccccc5)c5ccccc5)ccc3-4)ccc1-2. The lowest BCUT2D eigenvalue weighted by Gasteiger charge is -2.35. The Kier molecular flexibility index (Phi) is 11.8. The molecule has 14 rings (SSSR count). The van der Waals surface area contributed by atoms with Crippen LogP contribution in [0, 0.1) is 0 Å². The smallest absolute Gasteiger partial charge is 0.0622 e. The highest BCUT2D eigenvalue weighted by atomic mass is 14.5. The van der Waals surface area contributed by atoms with Crippen LogP contribution in [0.1, 0.15) is 77.9 Å². The molecule has 0 N–H and O–H groups in total. The van der Waals surface area contributed by atoms with Crippen LogP contribution in [0.25, 0.3) is 56.7 Å². The van der Waals surface area contributed by atoms with E-state index in [1.807, 2.05) is 0 Å². The summed E-state index contributed by atoms with van der Waals surface area (Å²) in [5, 5.41) is 0. The quantitative estimate of drug-likeness (QED) is 0.113. The fourth-order valence-corrected chi connectivity index (χ4v) is 13.0. The molecule has 366 valence electrons. The maximum atomic E-state index is 2.51. The predicted molar refractivity (Wildman–Crippen MR) is 326 cm³/mol. The van der Waals surface area contributed by atoms with Crippen LogP contribution in [0.2, 0.25) is 0 Å². The Bertz CT molecular complexity index is 3740. The van der Waals surface area contributed by atoms with E-state index in [1.54, 1.807) is 0 Å². The first kappa shape index (κ1) is 46.6. The Balaban J connectivity index is 0.972. The van der Waals surface area contributed by atoms with Gasteiger partial charge in [0.15, 0.2) is 0 Å². The highest BCUT2D eigenvalue weighted by molar-refractivity contribution is 5.96. The average molecular weight is 991 g/mol. The molecule has 0 aromatic heterocycles. The van der Waals surface area contributed by atoms with Crippen molar-refractivity contribution in [3.63, 3.8) is 0 Å². The molecule has 0 aliphatic heterocycles. The van der Waals surface area contributed by atoms with Crippen molar-refractivity contribution >= 4 is 23.3 Å². The fourth-order valence-electron chi connectivity index (χ4n) is 13.0. The number of benzene rings is 12. The molecule has 2 aliphatic rings. The van der Waals surface area contributed by atoms with E-state index < -0.39 is 10.8 Å². The first-order valence-electron chi connectivity index (χ1n) is 27.1. The fraction of sp³-hybridized carbons (Fsp3) is 0.0256. The molecule has 0 heteroatoms. The van der Waals surface area contributed by atoms with Gasteiger partial charge in [-0.15, -0.1) is 0 Å². The van der Waals surface area contributed by atoms with Crippen LogP contribution in [-0.2, 0) is 10.8 Å². The molecule has 0 amide bonds. The van der Waals surface area contributed by atoms with Crippen LogP contribution in [0.4, 0.5) is 0 Å². The largest absolute Gasteiger partial charge is 0.0713 e. The third kappa shape index (κ3) is 7.76. The maximum Gasteiger partial charge on any atom is 0.0713 e. The topological polar surface area (TPSA) is 0 Å². The summed E-state index contributed by atoms with van der Waals surface area (Å²) in [6.45, 7) is 0. The van der Waals surface area contributed by atoms with E-state index in [1.165, 1.54) is 111 Å². The standard InChI is InChI=1S/C78H54/c1-9-25-57(26-10-1)71(58-27-11-2-12-28-58)49-55-41-45-67-69-47-43-61(53-75(69)77(73(67)51-55,63-33-17-5-18-34-63)64-35-19-6-20-36-64)62-44-48-70-68-46-42-56(50-72(59-29-13-3-14-30-59)60-31-15-4-16-32-60)52-74(68)78(76(70)54-62,65-37-21-7-22-38-65)66-39-23-8-24-40-66/h1-54H. The van der Waals surface area contributed by atoms with Gasteiger partial charge in [-0.25, -0.2) is 0 Å². The highest BCUT2D eigenvalue weighted by Crippen LogP contribution is 2.59. The number of rotatable bonds is 11. The third-order valence-corrected chi connectivity index (χ3v) is 16.4. The Morgan fingerprint density at radius 2 is 0.449 bits per heavy atom. The van der Waals surface area contributed by atoms with Crippen molar-refractivity contribution in [2.24, 2.45) is 0 Å². The molecule has 2 aliphatic carbocycles. The summed E-state index contributed by atoms with van der Waals surface area (Å²) in [6.07, 6.45) is 4.75. The molecule has 0 fully saturated rings. The Morgan fingerprint density at radius 3 is 0.718 bits per heavy atom. The molecular formula is C78H54. The van der Waals surface area contributed by atoms with Crippen molar-refractivity contribution in [2.75, 3.05) is 0 Å². The van der Waals surface area contributed by atoms with E-state index in [-0.39, 0.29) is 0 Å². The molecule has 0 bridgehead atoms. The van der Waals surface area contributed by atoms with Crippen LogP contribution in [0.5, 0.6) is 0 Å². The zero-order valence-corrected chi connectivity index (χ0v) is 43.2. The number of hydrogen-bond acceptors (Lipinski definition) is 0. The predicted octanol–water partition coefficient (Wildman–Crippen LogP) is 19.3. The molecule has 12 aromatic rings. The molecule has 0 unspecified atom stereocenters. The van der Waals surface area contributed by atoms with Crippen molar-refractivity contribution in [1.82, 2.24) is 0 Å². The van der Waals surface area contributed by atoms with Crippen molar-refractivity contribution < 1.29 is 0 Å². The molecule has 78 heavy (non-hydrogen) atoms. The van der Waals surface area contributed by atoms with Crippen molar-refractivity contribution in [2.45, 2.75) is 10.8 Å². The Labute approximate surface area is 458 Å². The molecule has 0 atom stereocenters. The van der Waals surface area contributed by atoms with Gasteiger partial charge in [0.25, 0.3) is 0 Å². The summed E-state index contributed by atoms with van der Waals surface area (Å²) >= 11 is 0. The molecule has 0 saturated heterocycles. The van der Waals surface area contributed by atoms with E-state index in [9.17, 15) is 0 Å². The first-order chi connectivity index (χ1) is 38.7. The van der Waals surface area contributed by atoms with E-state index in [2.05, 4.69) is 328 Å². The summed E-state index contributed by atoms with van der Waals surface area (Å²) in [4.78, 5) is 0. The van der Waals surface area contributed by atoms with Gasteiger partial charge < -0.3 is 0 Å². The Hall–Kier alpha value is -9.88. The Morgan fingerprint density at radius 1 is 0.218 bits per heavy atom. The zero-order valence-electron chi connectivity index (χ0n) is 43.2. The van der Waals surface area contributed by atoms with Gasteiger partial charge in [0, 0.05) is 0 Å². The molecular weight excluding hydrogens is 937 g/mol. The lowest BCUT2D eigenvalue weighted by Crippen LogP contribution is -2.29. The van der Waals surface area contributed by atoms with Crippen LogP contribution in [0.15, 0.2) is 315 Å². The normalized spacial score (nSPS) is 13.1. The average Bonchev–Trinajstić information content (AvgIpc) is 3.22. The summed E-state index contributed by atoms with van der Waals surface area (Å²) in [7, 11) is 0. The monoisotopic (exact) mass is 990 g/mol. The molecule has 0 saturated carbocycles. The van der Waals surface area contributed by atoms with Gasteiger partial charge in [-0.1, -0.05) is 291 Å². The van der Waals surface area contributed by atoms with E-state index in [0.29, 0.717) is 0 Å². The minimum Gasteiger partial charge on any atom is -0.0622 e. The third-order valence-electron chi connectivity index (χ3n) is 16.4. The van der Waals surface area contributed by atoms with Gasteiger partial charge in [-0.2, -0.15) is 0 Å². The summed E-state index contributed by atoms with van der Waals surface area (Å²) in [5.74, 6) is 0. The minimum absolute atomic E-state index is 0.611. The van der Waals surface area contributed by atoms with Crippen LogP contribution in [0.3, 0.4) is 0 Å². The van der Waals surface area contributed by atoms with Crippen molar-refractivity contribution in [1.29, 1.82) is 0 Å². The summed E-state index contributed by atoms with van der Waals surface area (Å²) < 4.78 is 0. The lowest BCUT2D eigenvalue weighted by molar-refractivity contribution is 0.767. The van der Waals surface area contributed by atoms with E-state index >= 15 is 0 Å². The van der Waals surface area contributed by atoms with E-state index in [0.717, 1.165) is 11.1 Å². The van der Waals surface area contributed by atoms with Crippen molar-refractivity contribution in [3.05, 3.63) is 393 Å². The van der Waals surface area contributed by atoms with Crippen molar-refractivity contribution in [3.8, 4) is 33.4 Å². The van der Waals surface area contributed by atoms with Crippen LogP contribution >= 0.6 is 0 Å². The second-order valence-electron chi connectivity index (χ2n) is 20.7. The minimum atomic E-state index is -0.611. The van der Waals surface area contributed by atoms with Gasteiger partial charge >= 0.3 is 0 Å². The molecule has 0 spiro atoms. The van der Waals surface area contributed by atoms with Crippen LogP contribution in [-0.4, -0.2) is 0 Å². The van der Waals surface area contributed by atoms with E-state index in [4.69, 9.17) is 0 Å². The number of hydrogen-bond donors (Lipinski definition) is 0. The highest BCUT2D eigenvalue weighted by Gasteiger charge is 2.48. The van der Waals surface area contributed by atoms with Gasteiger partial charge in [-0.05, 0) is 159 Å². The molecule has 0 heterocycles. The summed E-state index contributed by atoms with van der Waals surface area (Å²) in [6, 6.07) is 117. The molecule has 12 aromatic carbocycles. The van der Waals surface area contributed by atoms with Gasteiger partial charge in [-0.3, -0.25) is 0 Å².